The summed E-state index contributed by atoms with van der Waals surface area (Å²) in [6, 6.07) is 5.96. The van der Waals surface area contributed by atoms with Crippen LogP contribution >= 0.6 is 11.3 Å². The van der Waals surface area contributed by atoms with Gasteiger partial charge in [0.2, 0.25) is 0 Å². The van der Waals surface area contributed by atoms with E-state index >= 15 is 0 Å². The fourth-order valence-electron chi connectivity index (χ4n) is 2.61. The Labute approximate surface area is 128 Å². The first-order valence-electron chi connectivity index (χ1n) is 7.17. The van der Waals surface area contributed by atoms with Gasteiger partial charge in [0.15, 0.2) is 0 Å². The molecule has 0 aliphatic carbocycles. The summed E-state index contributed by atoms with van der Waals surface area (Å²) in [6.45, 7) is 3.61. The van der Waals surface area contributed by atoms with Crippen LogP contribution in [0.15, 0.2) is 24.4 Å². The standard InChI is InChI=1S/C16H19N3OS/c1-11-18-9-14(21-11)10-19(2)16(20)13-5-6-15-12(8-13)4-3-7-17-15/h5-6,8-9,17H,3-4,7,10H2,1-2H3. The van der Waals surface area contributed by atoms with E-state index in [9.17, 15) is 4.79 Å². The lowest BCUT2D eigenvalue weighted by molar-refractivity contribution is 0.0786. The van der Waals surface area contributed by atoms with E-state index in [0.29, 0.717) is 6.54 Å². The molecule has 0 fully saturated rings. The molecule has 5 heteroatoms. The summed E-state index contributed by atoms with van der Waals surface area (Å²) in [4.78, 5) is 19.6. The molecule has 2 heterocycles. The summed E-state index contributed by atoms with van der Waals surface area (Å²) in [5.41, 5.74) is 3.17. The van der Waals surface area contributed by atoms with Gasteiger partial charge in [0.05, 0.1) is 11.6 Å². The zero-order valence-corrected chi connectivity index (χ0v) is 13.2. The van der Waals surface area contributed by atoms with Gasteiger partial charge >= 0.3 is 0 Å². The number of nitrogens with zero attached hydrogens (tertiary/aromatic N) is 2. The van der Waals surface area contributed by atoms with Crippen molar-refractivity contribution in [3.63, 3.8) is 0 Å². The van der Waals surface area contributed by atoms with Crippen LogP contribution in [0.3, 0.4) is 0 Å². The normalized spacial score (nSPS) is 13.4. The molecule has 0 radical (unpaired) electrons. The van der Waals surface area contributed by atoms with Crippen molar-refractivity contribution in [2.24, 2.45) is 0 Å². The molecule has 0 unspecified atom stereocenters. The van der Waals surface area contributed by atoms with E-state index < -0.39 is 0 Å². The first-order valence-corrected chi connectivity index (χ1v) is 7.99. The van der Waals surface area contributed by atoms with Crippen molar-refractivity contribution < 1.29 is 4.79 Å². The van der Waals surface area contributed by atoms with Crippen LogP contribution in [0.5, 0.6) is 0 Å². The SMILES string of the molecule is Cc1ncc(CN(C)C(=O)c2ccc3c(c2)CCCN3)s1. The number of rotatable bonds is 3. The summed E-state index contributed by atoms with van der Waals surface area (Å²) in [6.07, 6.45) is 4.02. The van der Waals surface area contributed by atoms with Crippen LogP contribution in [0.25, 0.3) is 0 Å². The van der Waals surface area contributed by atoms with Gasteiger partial charge in [0, 0.05) is 35.9 Å². The molecule has 1 N–H and O–H groups in total. The maximum absolute atomic E-state index is 12.5. The minimum atomic E-state index is 0.0643. The Kier molecular flexibility index (Phi) is 3.92. The molecule has 2 aromatic rings. The molecule has 1 amide bonds. The zero-order chi connectivity index (χ0) is 14.8. The van der Waals surface area contributed by atoms with Gasteiger partial charge in [-0.05, 0) is 43.5 Å². The van der Waals surface area contributed by atoms with Crippen LogP contribution in [0, 0.1) is 6.92 Å². The van der Waals surface area contributed by atoms with Crippen molar-refractivity contribution in [3.05, 3.63) is 45.4 Å². The third-order valence-electron chi connectivity index (χ3n) is 3.70. The molecule has 110 valence electrons. The summed E-state index contributed by atoms with van der Waals surface area (Å²) in [5.74, 6) is 0.0643. The number of aryl methyl sites for hydroxylation is 2. The smallest absolute Gasteiger partial charge is 0.253 e. The molecule has 3 rings (SSSR count). The van der Waals surface area contributed by atoms with Gasteiger partial charge in [0.25, 0.3) is 5.91 Å². The predicted octanol–water partition coefficient (Wildman–Crippen LogP) is 3.08. The van der Waals surface area contributed by atoms with Crippen molar-refractivity contribution >= 4 is 22.9 Å². The van der Waals surface area contributed by atoms with E-state index in [1.807, 2.05) is 38.4 Å². The maximum atomic E-state index is 12.5. The molecule has 0 atom stereocenters. The highest BCUT2D eigenvalue weighted by Gasteiger charge is 2.16. The Morgan fingerprint density at radius 3 is 3.10 bits per heavy atom. The third-order valence-corrected chi connectivity index (χ3v) is 4.60. The van der Waals surface area contributed by atoms with Gasteiger partial charge < -0.3 is 10.2 Å². The fraction of sp³-hybridized carbons (Fsp3) is 0.375. The van der Waals surface area contributed by atoms with E-state index in [2.05, 4.69) is 10.3 Å². The second kappa shape index (κ2) is 5.85. The monoisotopic (exact) mass is 301 g/mol. The first-order chi connectivity index (χ1) is 10.1. The molecule has 1 aliphatic rings. The Balaban J connectivity index is 1.75. The number of hydrogen-bond acceptors (Lipinski definition) is 4. The molecule has 1 aromatic heterocycles. The lowest BCUT2D eigenvalue weighted by Gasteiger charge is -2.20. The molecule has 1 aliphatic heterocycles. The van der Waals surface area contributed by atoms with Crippen LogP contribution < -0.4 is 5.32 Å². The van der Waals surface area contributed by atoms with Crippen LogP contribution in [0.2, 0.25) is 0 Å². The second-order valence-corrected chi connectivity index (χ2v) is 6.73. The molecule has 0 spiro atoms. The minimum absolute atomic E-state index is 0.0643. The number of benzene rings is 1. The first kappa shape index (κ1) is 14.1. The highest BCUT2D eigenvalue weighted by Crippen LogP contribution is 2.24. The molecular formula is C16H19N3OS. The van der Waals surface area contributed by atoms with Crippen molar-refractivity contribution in [3.8, 4) is 0 Å². The van der Waals surface area contributed by atoms with Gasteiger partial charge in [-0.2, -0.15) is 0 Å². The number of hydrogen-bond donors (Lipinski definition) is 1. The van der Waals surface area contributed by atoms with Gasteiger partial charge in [-0.15, -0.1) is 11.3 Å². The van der Waals surface area contributed by atoms with E-state index in [0.717, 1.165) is 34.8 Å². The van der Waals surface area contributed by atoms with Crippen molar-refractivity contribution in [1.82, 2.24) is 9.88 Å². The molecule has 21 heavy (non-hydrogen) atoms. The number of anilines is 1. The van der Waals surface area contributed by atoms with E-state index in [1.165, 1.54) is 11.3 Å². The van der Waals surface area contributed by atoms with Crippen LogP contribution in [0.4, 0.5) is 5.69 Å². The van der Waals surface area contributed by atoms with Crippen molar-refractivity contribution in [1.29, 1.82) is 0 Å². The van der Waals surface area contributed by atoms with Gasteiger partial charge in [-0.3, -0.25) is 4.79 Å². The Morgan fingerprint density at radius 1 is 1.48 bits per heavy atom. The topological polar surface area (TPSA) is 45.2 Å². The number of aromatic nitrogens is 1. The maximum Gasteiger partial charge on any atom is 0.253 e. The minimum Gasteiger partial charge on any atom is -0.385 e. The van der Waals surface area contributed by atoms with E-state index in [4.69, 9.17) is 0 Å². The predicted molar refractivity (Wildman–Crippen MR) is 85.9 cm³/mol. The van der Waals surface area contributed by atoms with E-state index in [1.54, 1.807) is 16.2 Å². The number of carbonyl (C=O) groups is 1. The van der Waals surface area contributed by atoms with Crippen molar-refractivity contribution in [2.75, 3.05) is 18.9 Å². The average molecular weight is 301 g/mol. The molecule has 0 saturated carbocycles. The summed E-state index contributed by atoms with van der Waals surface area (Å²) in [5, 5.41) is 4.40. The highest BCUT2D eigenvalue weighted by atomic mass is 32.1. The average Bonchev–Trinajstić information content (AvgIpc) is 2.91. The van der Waals surface area contributed by atoms with Gasteiger partial charge in [-0.25, -0.2) is 4.98 Å². The number of carbonyl (C=O) groups excluding carboxylic acids is 1. The molecular weight excluding hydrogens is 282 g/mol. The second-order valence-electron chi connectivity index (χ2n) is 5.41. The number of thiazole rings is 1. The molecule has 0 bridgehead atoms. The number of nitrogens with one attached hydrogen (secondary N) is 1. The van der Waals surface area contributed by atoms with Crippen LogP contribution in [-0.2, 0) is 13.0 Å². The largest absolute Gasteiger partial charge is 0.385 e. The Morgan fingerprint density at radius 2 is 2.33 bits per heavy atom. The Hall–Kier alpha value is -1.88. The summed E-state index contributed by atoms with van der Waals surface area (Å²) in [7, 11) is 1.84. The van der Waals surface area contributed by atoms with Crippen molar-refractivity contribution in [2.45, 2.75) is 26.3 Å². The number of amides is 1. The highest BCUT2D eigenvalue weighted by molar-refractivity contribution is 7.11. The summed E-state index contributed by atoms with van der Waals surface area (Å²) >= 11 is 1.64. The van der Waals surface area contributed by atoms with Gasteiger partial charge in [-0.1, -0.05) is 0 Å². The van der Waals surface area contributed by atoms with E-state index in [-0.39, 0.29) is 5.91 Å². The molecule has 1 aromatic carbocycles. The summed E-state index contributed by atoms with van der Waals surface area (Å²) < 4.78 is 0. The number of fused-ring (bicyclic) bond motifs is 1. The quantitative estimate of drug-likeness (QED) is 0.947. The van der Waals surface area contributed by atoms with Crippen LogP contribution in [-0.4, -0.2) is 29.4 Å². The molecule has 4 nitrogen and oxygen atoms in total. The lowest BCUT2D eigenvalue weighted by atomic mass is 10.0. The fourth-order valence-corrected chi connectivity index (χ4v) is 3.46. The zero-order valence-electron chi connectivity index (χ0n) is 12.3. The lowest BCUT2D eigenvalue weighted by Crippen LogP contribution is -2.26. The third kappa shape index (κ3) is 3.08. The van der Waals surface area contributed by atoms with Gasteiger partial charge in [0.1, 0.15) is 0 Å². The Bertz CT molecular complexity index is 665. The van der Waals surface area contributed by atoms with Crippen LogP contribution in [0.1, 0.15) is 32.2 Å². The molecule has 0 saturated heterocycles.